The number of hydroxylamine groups is 1. The van der Waals surface area contributed by atoms with E-state index in [0.717, 1.165) is 5.56 Å². The largest absolute Gasteiger partial charge is 0.504 e. The molecule has 5 rings (SSSR count). The van der Waals surface area contributed by atoms with Crippen LogP contribution in [0.25, 0.3) is 0 Å². The third kappa shape index (κ3) is 3.50. The average Bonchev–Trinajstić information content (AvgIpc) is 3.32. The number of carbonyl (C=O) groups is 2. The minimum absolute atomic E-state index is 0.0233. The zero-order chi connectivity index (χ0) is 23.3. The van der Waals surface area contributed by atoms with Gasteiger partial charge in [-0.3, -0.25) is 14.4 Å². The summed E-state index contributed by atoms with van der Waals surface area (Å²) < 4.78 is 5.27. The van der Waals surface area contributed by atoms with Crippen molar-refractivity contribution in [2.75, 3.05) is 17.1 Å². The fourth-order valence-electron chi connectivity index (χ4n) is 4.39. The first kappa shape index (κ1) is 21.3. The number of aromatic hydroxyl groups is 1. The Balaban J connectivity index is 1.60. The second kappa shape index (κ2) is 8.10. The van der Waals surface area contributed by atoms with Crippen LogP contribution in [0.3, 0.4) is 0 Å². The van der Waals surface area contributed by atoms with Crippen LogP contribution in [0.4, 0.5) is 11.4 Å². The van der Waals surface area contributed by atoms with Crippen molar-refractivity contribution in [2.24, 2.45) is 5.92 Å². The Morgan fingerprint density at radius 2 is 1.61 bits per heavy atom. The number of carbonyl (C=O) groups excluding carboxylic acids is 2. The molecule has 2 amide bonds. The van der Waals surface area contributed by atoms with Gasteiger partial charge in [0, 0.05) is 5.02 Å². The standard InChI is InChI=1S/C25H21ClN2O5/c1-14-3-8-17(9-4-14)27-24(30)21-22(15-5-12-19(29)20(13-15)32-2)28(33-23(21)25(27)31)18-10-6-16(26)7-11-18/h3-13,21-23,29H,1-2H3/t21-,22+,23-/m0/s1. The lowest BCUT2D eigenvalue weighted by Crippen LogP contribution is -2.37. The molecule has 33 heavy (non-hydrogen) atoms. The maximum atomic E-state index is 13.6. The Bertz CT molecular complexity index is 1230. The molecule has 3 atom stereocenters. The SMILES string of the molecule is COc1cc([C@@H]2[C@@H]3C(=O)N(c4ccc(C)cc4)C(=O)[C@H]3ON2c2ccc(Cl)cc2)ccc1O. The molecule has 0 saturated carbocycles. The molecule has 0 aliphatic carbocycles. The number of imide groups is 1. The number of rotatable bonds is 4. The molecule has 2 fully saturated rings. The zero-order valence-corrected chi connectivity index (χ0v) is 18.7. The summed E-state index contributed by atoms with van der Waals surface area (Å²) in [4.78, 5) is 34.3. The number of aryl methyl sites for hydroxylation is 1. The summed E-state index contributed by atoms with van der Waals surface area (Å²) in [7, 11) is 1.45. The van der Waals surface area contributed by atoms with Crippen molar-refractivity contribution in [2.45, 2.75) is 19.1 Å². The van der Waals surface area contributed by atoms with Crippen LogP contribution in [0, 0.1) is 12.8 Å². The van der Waals surface area contributed by atoms with Crippen molar-refractivity contribution in [1.82, 2.24) is 0 Å². The van der Waals surface area contributed by atoms with Crippen LogP contribution in [0.15, 0.2) is 66.7 Å². The third-order valence-electron chi connectivity index (χ3n) is 6.03. The van der Waals surface area contributed by atoms with Crippen LogP contribution < -0.4 is 14.7 Å². The van der Waals surface area contributed by atoms with E-state index in [9.17, 15) is 14.7 Å². The first-order valence-electron chi connectivity index (χ1n) is 10.4. The molecule has 1 N–H and O–H groups in total. The molecule has 7 nitrogen and oxygen atoms in total. The van der Waals surface area contributed by atoms with Gasteiger partial charge in [0.05, 0.1) is 24.5 Å². The van der Waals surface area contributed by atoms with Crippen molar-refractivity contribution in [3.05, 3.63) is 82.9 Å². The summed E-state index contributed by atoms with van der Waals surface area (Å²) in [6.45, 7) is 1.94. The van der Waals surface area contributed by atoms with Gasteiger partial charge in [0.15, 0.2) is 17.6 Å². The van der Waals surface area contributed by atoms with Gasteiger partial charge in [0.2, 0.25) is 5.91 Å². The molecule has 0 bridgehead atoms. The first-order chi connectivity index (χ1) is 15.9. The number of fused-ring (bicyclic) bond motifs is 1. The number of hydrogen-bond acceptors (Lipinski definition) is 6. The Hall–Kier alpha value is -3.55. The molecule has 2 saturated heterocycles. The average molecular weight is 465 g/mol. The molecule has 2 heterocycles. The third-order valence-corrected chi connectivity index (χ3v) is 6.29. The number of halogens is 1. The quantitative estimate of drug-likeness (QED) is 0.576. The molecule has 0 radical (unpaired) electrons. The van der Waals surface area contributed by atoms with Crippen LogP contribution in [0.5, 0.6) is 11.5 Å². The van der Waals surface area contributed by atoms with E-state index in [1.165, 1.54) is 18.1 Å². The fourth-order valence-corrected chi connectivity index (χ4v) is 4.52. The Morgan fingerprint density at radius 1 is 0.939 bits per heavy atom. The van der Waals surface area contributed by atoms with Crippen LogP contribution in [0.2, 0.25) is 5.02 Å². The van der Waals surface area contributed by atoms with Crippen LogP contribution in [0.1, 0.15) is 17.2 Å². The first-order valence-corrected chi connectivity index (χ1v) is 10.8. The molecule has 0 spiro atoms. The molecule has 0 aromatic heterocycles. The maximum Gasteiger partial charge on any atom is 0.266 e. The van der Waals surface area contributed by atoms with Crippen LogP contribution >= 0.6 is 11.6 Å². The number of ether oxygens (including phenoxy) is 1. The van der Waals surface area contributed by atoms with Crippen molar-refractivity contribution < 1.29 is 24.3 Å². The molecular formula is C25H21ClN2O5. The normalized spacial score (nSPS) is 22.1. The van der Waals surface area contributed by atoms with Gasteiger partial charge in [-0.2, -0.15) is 0 Å². The van der Waals surface area contributed by atoms with E-state index < -0.39 is 24.0 Å². The summed E-state index contributed by atoms with van der Waals surface area (Å²) in [6, 6.07) is 18.4. The second-order valence-corrected chi connectivity index (χ2v) is 8.51. The van der Waals surface area contributed by atoms with Gasteiger partial charge in [-0.1, -0.05) is 35.4 Å². The second-order valence-electron chi connectivity index (χ2n) is 8.08. The number of hydrogen-bond donors (Lipinski definition) is 1. The number of phenolic OH excluding ortho intramolecular Hbond substituents is 1. The lowest BCUT2D eigenvalue weighted by atomic mass is 9.90. The van der Waals surface area contributed by atoms with E-state index >= 15 is 0 Å². The van der Waals surface area contributed by atoms with Gasteiger partial charge in [-0.25, -0.2) is 9.96 Å². The molecular weight excluding hydrogens is 444 g/mol. The molecule has 2 aliphatic rings. The molecule has 2 aliphatic heterocycles. The number of benzene rings is 3. The van der Waals surface area contributed by atoms with Gasteiger partial charge in [-0.15, -0.1) is 0 Å². The van der Waals surface area contributed by atoms with E-state index in [1.54, 1.807) is 53.6 Å². The van der Waals surface area contributed by atoms with Crippen molar-refractivity contribution in [3.8, 4) is 11.5 Å². The van der Waals surface area contributed by atoms with Crippen molar-refractivity contribution >= 4 is 34.8 Å². The van der Waals surface area contributed by atoms with Gasteiger partial charge in [0.25, 0.3) is 5.91 Å². The zero-order valence-electron chi connectivity index (χ0n) is 17.9. The number of amides is 2. The maximum absolute atomic E-state index is 13.6. The van der Waals surface area contributed by atoms with E-state index in [1.807, 2.05) is 19.1 Å². The lowest BCUT2D eigenvalue weighted by Gasteiger charge is -2.29. The summed E-state index contributed by atoms with van der Waals surface area (Å²) in [5, 5.41) is 12.2. The number of methoxy groups -OCH3 is 1. The predicted octanol–water partition coefficient (Wildman–Crippen LogP) is 4.41. The monoisotopic (exact) mass is 464 g/mol. The highest BCUT2D eigenvalue weighted by atomic mass is 35.5. The number of anilines is 2. The van der Waals surface area contributed by atoms with Crippen molar-refractivity contribution in [3.63, 3.8) is 0 Å². The van der Waals surface area contributed by atoms with Gasteiger partial charge < -0.3 is 9.84 Å². The van der Waals surface area contributed by atoms with Crippen LogP contribution in [-0.2, 0) is 14.4 Å². The van der Waals surface area contributed by atoms with Crippen molar-refractivity contribution in [1.29, 1.82) is 0 Å². The Kier molecular flexibility index (Phi) is 5.23. The van der Waals surface area contributed by atoms with Crippen LogP contribution in [-0.4, -0.2) is 30.1 Å². The minimum Gasteiger partial charge on any atom is -0.504 e. The summed E-state index contributed by atoms with van der Waals surface area (Å²) in [5.74, 6) is -1.31. The van der Waals surface area contributed by atoms with Gasteiger partial charge in [0.1, 0.15) is 5.92 Å². The topological polar surface area (TPSA) is 79.3 Å². The van der Waals surface area contributed by atoms with E-state index in [0.29, 0.717) is 22.0 Å². The number of phenols is 1. The number of nitrogens with zero attached hydrogens (tertiary/aromatic N) is 2. The highest BCUT2D eigenvalue weighted by Crippen LogP contribution is 2.48. The summed E-state index contributed by atoms with van der Waals surface area (Å²) in [5.41, 5.74) is 2.85. The van der Waals surface area contributed by atoms with Gasteiger partial charge in [-0.05, 0) is 61.0 Å². The molecule has 168 valence electrons. The predicted molar refractivity (Wildman–Crippen MR) is 123 cm³/mol. The highest BCUT2D eigenvalue weighted by Gasteiger charge is 2.60. The molecule has 3 aromatic rings. The Labute approximate surface area is 195 Å². The lowest BCUT2D eigenvalue weighted by molar-refractivity contribution is -0.126. The molecule has 8 heteroatoms. The highest BCUT2D eigenvalue weighted by molar-refractivity contribution is 6.30. The van der Waals surface area contributed by atoms with E-state index in [2.05, 4.69) is 0 Å². The van der Waals surface area contributed by atoms with E-state index in [-0.39, 0.29) is 17.4 Å². The smallest absolute Gasteiger partial charge is 0.266 e. The Morgan fingerprint density at radius 3 is 2.27 bits per heavy atom. The summed E-state index contributed by atoms with van der Waals surface area (Å²) >= 11 is 6.05. The molecule has 3 aromatic carbocycles. The van der Waals surface area contributed by atoms with E-state index in [4.69, 9.17) is 21.2 Å². The summed E-state index contributed by atoms with van der Waals surface area (Å²) in [6.07, 6.45) is -0.987. The fraction of sp³-hybridized carbons (Fsp3) is 0.200. The minimum atomic E-state index is -0.987. The van der Waals surface area contributed by atoms with Gasteiger partial charge >= 0.3 is 0 Å². The molecule has 0 unspecified atom stereocenters.